The van der Waals surface area contributed by atoms with Gasteiger partial charge in [-0.1, -0.05) is 48.5 Å². The van der Waals surface area contributed by atoms with Crippen LogP contribution in [0.3, 0.4) is 0 Å². The van der Waals surface area contributed by atoms with E-state index in [1.165, 1.54) is 0 Å². The molecule has 0 fully saturated rings. The highest BCUT2D eigenvalue weighted by atomic mass is 16.5. The van der Waals surface area contributed by atoms with Gasteiger partial charge >= 0.3 is 0 Å². The van der Waals surface area contributed by atoms with E-state index >= 15 is 0 Å². The summed E-state index contributed by atoms with van der Waals surface area (Å²) in [5, 5.41) is 0. The van der Waals surface area contributed by atoms with Crippen molar-refractivity contribution in [3.05, 3.63) is 65.7 Å². The molecule has 2 aromatic carbocycles. The number of amides is 1. The summed E-state index contributed by atoms with van der Waals surface area (Å²) < 4.78 is 5.36. The Hall–Kier alpha value is -2.33. The average molecular weight is 326 g/mol. The van der Waals surface area contributed by atoms with Crippen molar-refractivity contribution in [3.63, 3.8) is 0 Å². The lowest BCUT2D eigenvalue weighted by Gasteiger charge is -2.23. The van der Waals surface area contributed by atoms with Crippen LogP contribution in [0.25, 0.3) is 0 Å². The van der Waals surface area contributed by atoms with E-state index in [2.05, 4.69) is 0 Å². The van der Waals surface area contributed by atoms with E-state index in [1.54, 1.807) is 7.11 Å². The molecule has 2 N–H and O–H groups in total. The van der Waals surface area contributed by atoms with Crippen molar-refractivity contribution in [3.8, 4) is 5.75 Å². The summed E-state index contributed by atoms with van der Waals surface area (Å²) in [4.78, 5) is 14.6. The molecule has 0 aliphatic carbocycles. The number of nitrogens with zero attached hydrogens (tertiary/aromatic N) is 1. The Kier molecular flexibility index (Phi) is 7.30. The van der Waals surface area contributed by atoms with Gasteiger partial charge in [0.2, 0.25) is 5.91 Å². The van der Waals surface area contributed by atoms with Crippen molar-refractivity contribution in [1.29, 1.82) is 0 Å². The minimum atomic E-state index is 0.151. The second-order valence-corrected chi connectivity index (χ2v) is 5.75. The first-order valence-corrected chi connectivity index (χ1v) is 8.38. The lowest BCUT2D eigenvalue weighted by Crippen LogP contribution is -2.32. The second-order valence-electron chi connectivity index (χ2n) is 5.75. The van der Waals surface area contributed by atoms with Crippen LogP contribution >= 0.6 is 0 Å². The molecule has 128 valence electrons. The number of carbonyl (C=O) groups is 1. The summed E-state index contributed by atoms with van der Waals surface area (Å²) in [6.07, 6.45) is 1.96. The molecule has 0 unspecified atom stereocenters. The number of ether oxygens (including phenoxy) is 1. The van der Waals surface area contributed by atoms with E-state index in [0.29, 0.717) is 32.5 Å². The van der Waals surface area contributed by atoms with E-state index in [4.69, 9.17) is 10.5 Å². The van der Waals surface area contributed by atoms with Gasteiger partial charge in [0.15, 0.2) is 0 Å². The first-order chi connectivity index (χ1) is 11.7. The molecule has 24 heavy (non-hydrogen) atoms. The highest BCUT2D eigenvalue weighted by Crippen LogP contribution is 2.19. The van der Waals surface area contributed by atoms with Gasteiger partial charge in [-0.2, -0.15) is 0 Å². The second kappa shape index (κ2) is 9.73. The number of rotatable bonds is 9. The zero-order valence-electron chi connectivity index (χ0n) is 14.3. The Balaban J connectivity index is 1.99. The third-order valence-electron chi connectivity index (χ3n) is 4.00. The SMILES string of the molecule is COc1ccccc1CCC(=O)N(CCCN)Cc1ccccc1. The molecule has 4 heteroatoms. The fourth-order valence-electron chi connectivity index (χ4n) is 2.69. The predicted octanol–water partition coefficient (Wildman–Crippen LogP) is 3.01. The summed E-state index contributed by atoms with van der Waals surface area (Å²) in [6, 6.07) is 17.9. The van der Waals surface area contributed by atoms with Gasteiger partial charge < -0.3 is 15.4 Å². The van der Waals surface area contributed by atoms with Gasteiger partial charge in [0.25, 0.3) is 0 Å². The number of benzene rings is 2. The Bertz CT molecular complexity index is 629. The molecule has 0 radical (unpaired) electrons. The molecule has 0 aliphatic heterocycles. The minimum absolute atomic E-state index is 0.151. The van der Waals surface area contributed by atoms with Crippen LogP contribution in [0.1, 0.15) is 24.0 Å². The smallest absolute Gasteiger partial charge is 0.223 e. The van der Waals surface area contributed by atoms with Crippen molar-refractivity contribution in [2.45, 2.75) is 25.8 Å². The molecule has 0 saturated carbocycles. The standard InChI is InChI=1S/C20H26N2O2/c1-24-19-11-6-5-10-18(19)12-13-20(23)22(15-7-14-21)16-17-8-3-2-4-9-17/h2-6,8-11H,7,12-16,21H2,1H3. The van der Waals surface area contributed by atoms with Crippen LogP contribution in [0.4, 0.5) is 0 Å². The fourth-order valence-corrected chi connectivity index (χ4v) is 2.69. The molecule has 0 aromatic heterocycles. The van der Waals surface area contributed by atoms with E-state index < -0.39 is 0 Å². The molecular weight excluding hydrogens is 300 g/mol. The lowest BCUT2D eigenvalue weighted by molar-refractivity contribution is -0.131. The molecule has 0 heterocycles. The van der Waals surface area contributed by atoms with Crippen LogP contribution in [0.2, 0.25) is 0 Å². The van der Waals surface area contributed by atoms with Crippen LogP contribution in [0.15, 0.2) is 54.6 Å². The predicted molar refractivity (Wildman–Crippen MR) is 96.8 cm³/mol. The summed E-state index contributed by atoms with van der Waals surface area (Å²) >= 11 is 0. The monoisotopic (exact) mass is 326 g/mol. The van der Waals surface area contributed by atoms with Crippen molar-refractivity contribution >= 4 is 5.91 Å². The molecule has 2 rings (SSSR count). The zero-order chi connectivity index (χ0) is 17.2. The van der Waals surface area contributed by atoms with Gasteiger partial charge in [-0.3, -0.25) is 4.79 Å². The van der Waals surface area contributed by atoms with Gasteiger partial charge in [-0.05, 0) is 36.6 Å². The number of hydrogen-bond acceptors (Lipinski definition) is 3. The summed E-state index contributed by atoms with van der Waals surface area (Å²) in [5.41, 5.74) is 7.82. The molecule has 0 bridgehead atoms. The van der Waals surface area contributed by atoms with Crippen LogP contribution in [0.5, 0.6) is 5.75 Å². The summed E-state index contributed by atoms with van der Waals surface area (Å²) in [5.74, 6) is 0.986. The Morgan fingerprint density at radius 2 is 1.79 bits per heavy atom. The van der Waals surface area contributed by atoms with E-state index in [1.807, 2.05) is 59.5 Å². The third-order valence-corrected chi connectivity index (χ3v) is 4.00. The van der Waals surface area contributed by atoms with Gasteiger partial charge in [-0.15, -0.1) is 0 Å². The first kappa shape index (κ1) is 18.0. The highest BCUT2D eigenvalue weighted by molar-refractivity contribution is 5.76. The van der Waals surface area contributed by atoms with Crippen molar-refractivity contribution in [1.82, 2.24) is 4.90 Å². The van der Waals surface area contributed by atoms with Gasteiger partial charge in [0.05, 0.1) is 7.11 Å². The molecule has 2 aromatic rings. The summed E-state index contributed by atoms with van der Waals surface area (Å²) in [7, 11) is 1.66. The van der Waals surface area contributed by atoms with Crippen LogP contribution in [0, 0.1) is 0 Å². The Labute approximate surface area is 144 Å². The van der Waals surface area contributed by atoms with Crippen LogP contribution in [-0.2, 0) is 17.8 Å². The lowest BCUT2D eigenvalue weighted by atomic mass is 10.1. The van der Waals surface area contributed by atoms with E-state index in [0.717, 1.165) is 23.3 Å². The molecule has 0 saturated heterocycles. The normalized spacial score (nSPS) is 10.4. The number of para-hydroxylation sites is 1. The first-order valence-electron chi connectivity index (χ1n) is 8.38. The average Bonchev–Trinajstić information content (AvgIpc) is 2.64. The minimum Gasteiger partial charge on any atom is -0.496 e. The quantitative estimate of drug-likeness (QED) is 0.771. The highest BCUT2D eigenvalue weighted by Gasteiger charge is 2.14. The maximum atomic E-state index is 12.7. The molecular formula is C20H26N2O2. The largest absolute Gasteiger partial charge is 0.496 e. The maximum Gasteiger partial charge on any atom is 0.223 e. The van der Waals surface area contributed by atoms with E-state index in [-0.39, 0.29) is 5.91 Å². The van der Waals surface area contributed by atoms with Crippen molar-refractivity contribution in [2.75, 3.05) is 20.2 Å². The number of hydrogen-bond donors (Lipinski definition) is 1. The van der Waals surface area contributed by atoms with Gasteiger partial charge in [0, 0.05) is 19.5 Å². The van der Waals surface area contributed by atoms with E-state index in [9.17, 15) is 4.79 Å². The Morgan fingerprint density at radius 1 is 1.08 bits per heavy atom. The van der Waals surface area contributed by atoms with Crippen LogP contribution in [-0.4, -0.2) is 31.0 Å². The number of aryl methyl sites for hydroxylation is 1. The molecule has 1 amide bonds. The van der Waals surface area contributed by atoms with Crippen molar-refractivity contribution < 1.29 is 9.53 Å². The Morgan fingerprint density at radius 3 is 2.50 bits per heavy atom. The molecule has 4 nitrogen and oxygen atoms in total. The van der Waals surface area contributed by atoms with Crippen molar-refractivity contribution in [2.24, 2.45) is 5.73 Å². The van der Waals surface area contributed by atoms with Gasteiger partial charge in [-0.25, -0.2) is 0 Å². The maximum absolute atomic E-state index is 12.7. The van der Waals surface area contributed by atoms with Crippen LogP contribution < -0.4 is 10.5 Å². The molecule has 0 aliphatic rings. The zero-order valence-corrected chi connectivity index (χ0v) is 14.3. The molecule has 0 atom stereocenters. The topological polar surface area (TPSA) is 55.6 Å². The van der Waals surface area contributed by atoms with Gasteiger partial charge in [0.1, 0.15) is 5.75 Å². The summed E-state index contributed by atoms with van der Waals surface area (Å²) in [6.45, 7) is 1.91. The number of nitrogens with two attached hydrogens (primary N) is 1. The third kappa shape index (κ3) is 5.39. The number of methoxy groups -OCH3 is 1. The molecule has 0 spiro atoms. The number of carbonyl (C=O) groups excluding carboxylic acids is 1. The fraction of sp³-hybridized carbons (Fsp3) is 0.350.